The molecule has 0 fully saturated rings. The summed E-state index contributed by atoms with van der Waals surface area (Å²) in [6.45, 7) is 4.12. The van der Waals surface area contributed by atoms with Crippen molar-refractivity contribution in [1.82, 2.24) is 4.57 Å². The molecular weight excluding hydrogens is 363 g/mol. The van der Waals surface area contributed by atoms with Crippen LogP contribution in [0.4, 0.5) is 5.69 Å². The summed E-state index contributed by atoms with van der Waals surface area (Å²) in [5, 5.41) is 1.73. The van der Waals surface area contributed by atoms with Gasteiger partial charge in [0.05, 0.1) is 15.7 Å². The number of hydrogen-bond donors (Lipinski definition) is 0. The van der Waals surface area contributed by atoms with Gasteiger partial charge in [-0.05, 0) is 56.3 Å². The van der Waals surface area contributed by atoms with Gasteiger partial charge in [-0.25, -0.2) is 0 Å². The molecule has 0 saturated carbocycles. The van der Waals surface area contributed by atoms with E-state index in [0.29, 0.717) is 15.1 Å². The molecule has 0 amide bonds. The minimum absolute atomic E-state index is 0.496. The molecule has 24 heavy (non-hydrogen) atoms. The van der Waals surface area contributed by atoms with Crippen LogP contribution in [0.3, 0.4) is 0 Å². The largest absolute Gasteiger partial charge is 0.318 e. The fourth-order valence-corrected chi connectivity index (χ4v) is 3.12. The van der Waals surface area contributed by atoms with Gasteiger partial charge in [-0.15, -0.1) is 0 Å². The van der Waals surface area contributed by atoms with Gasteiger partial charge in [0, 0.05) is 33.9 Å². The number of aliphatic imine (C=N–C) groups is 1. The summed E-state index contributed by atoms with van der Waals surface area (Å²) in [6, 6.07) is 15.2. The first-order valence-corrected chi connectivity index (χ1v) is 8.53. The Balaban J connectivity index is 1.97. The van der Waals surface area contributed by atoms with Gasteiger partial charge in [-0.2, -0.15) is 0 Å². The fraction of sp³-hybridized carbons (Fsp3) is 0.105. The highest BCUT2D eigenvalue weighted by atomic mass is 35.5. The second kappa shape index (κ2) is 7.02. The molecule has 3 aromatic rings. The Morgan fingerprint density at radius 3 is 2.42 bits per heavy atom. The van der Waals surface area contributed by atoms with E-state index in [9.17, 15) is 0 Å². The van der Waals surface area contributed by atoms with Gasteiger partial charge in [0.1, 0.15) is 0 Å². The van der Waals surface area contributed by atoms with E-state index >= 15 is 0 Å². The number of benzene rings is 2. The van der Waals surface area contributed by atoms with Gasteiger partial charge in [-0.3, -0.25) is 4.99 Å². The first-order chi connectivity index (χ1) is 11.5. The minimum atomic E-state index is 0.496. The molecule has 0 atom stereocenters. The molecular formula is C19H15Cl3N2. The van der Waals surface area contributed by atoms with E-state index in [1.807, 2.05) is 36.5 Å². The Kier molecular flexibility index (Phi) is 5.00. The van der Waals surface area contributed by atoms with Gasteiger partial charge in [0.2, 0.25) is 0 Å². The van der Waals surface area contributed by atoms with Crippen LogP contribution >= 0.6 is 34.8 Å². The SMILES string of the molecule is Cc1cc(C=Nc2ccc(Cl)c(Cl)c2)c(C)n1-c1cccc(Cl)c1. The Morgan fingerprint density at radius 1 is 0.917 bits per heavy atom. The third-order valence-corrected chi connectivity index (χ3v) is 4.77. The molecule has 0 N–H and O–H groups in total. The van der Waals surface area contributed by atoms with Crippen LogP contribution in [-0.4, -0.2) is 10.8 Å². The summed E-state index contributed by atoms with van der Waals surface area (Å²) in [4.78, 5) is 4.50. The molecule has 2 aromatic carbocycles. The lowest BCUT2D eigenvalue weighted by Gasteiger charge is -2.09. The number of hydrogen-bond acceptors (Lipinski definition) is 1. The van der Waals surface area contributed by atoms with Crippen molar-refractivity contribution in [3.05, 3.63) is 80.6 Å². The maximum atomic E-state index is 6.11. The second-order valence-electron chi connectivity index (χ2n) is 5.50. The van der Waals surface area contributed by atoms with E-state index in [1.54, 1.807) is 12.1 Å². The standard InChI is InChI=1S/C19H15Cl3N2/c1-12-8-14(11-23-16-6-7-18(21)19(22)10-16)13(2)24(12)17-5-3-4-15(20)9-17/h3-11H,1-2H3. The number of aromatic nitrogens is 1. The van der Waals surface area contributed by atoms with Crippen LogP contribution in [0, 0.1) is 13.8 Å². The molecule has 122 valence electrons. The van der Waals surface area contributed by atoms with Crippen molar-refractivity contribution in [1.29, 1.82) is 0 Å². The van der Waals surface area contributed by atoms with Crippen LogP contribution in [0.1, 0.15) is 17.0 Å². The van der Waals surface area contributed by atoms with Gasteiger partial charge < -0.3 is 4.57 Å². The monoisotopic (exact) mass is 376 g/mol. The van der Waals surface area contributed by atoms with Crippen LogP contribution < -0.4 is 0 Å². The Morgan fingerprint density at radius 2 is 1.71 bits per heavy atom. The third kappa shape index (κ3) is 3.51. The zero-order valence-electron chi connectivity index (χ0n) is 13.2. The summed E-state index contributed by atoms with van der Waals surface area (Å²) in [5.41, 5.74) is 5.05. The predicted molar refractivity (Wildman–Crippen MR) is 104 cm³/mol. The van der Waals surface area contributed by atoms with Crippen LogP contribution in [-0.2, 0) is 0 Å². The number of rotatable bonds is 3. The molecule has 0 bridgehead atoms. The molecule has 1 heterocycles. The average molecular weight is 378 g/mol. The van der Waals surface area contributed by atoms with Gasteiger partial charge in [0.25, 0.3) is 0 Å². The normalized spacial score (nSPS) is 11.4. The highest BCUT2D eigenvalue weighted by Gasteiger charge is 2.09. The van der Waals surface area contributed by atoms with Crippen LogP contribution in [0.2, 0.25) is 15.1 Å². The second-order valence-corrected chi connectivity index (χ2v) is 6.75. The maximum absolute atomic E-state index is 6.11. The molecule has 0 aliphatic heterocycles. The molecule has 0 radical (unpaired) electrons. The van der Waals surface area contributed by atoms with Crippen molar-refractivity contribution in [2.45, 2.75) is 13.8 Å². The lowest BCUT2D eigenvalue weighted by molar-refractivity contribution is 0.965. The topological polar surface area (TPSA) is 17.3 Å². The molecule has 0 saturated heterocycles. The molecule has 0 aliphatic rings. The molecule has 0 spiro atoms. The molecule has 3 rings (SSSR count). The zero-order chi connectivity index (χ0) is 17.3. The number of halogens is 3. The molecule has 0 aliphatic carbocycles. The number of aryl methyl sites for hydroxylation is 1. The van der Waals surface area contributed by atoms with Crippen molar-refractivity contribution < 1.29 is 0 Å². The fourth-order valence-electron chi connectivity index (χ4n) is 2.64. The summed E-state index contributed by atoms with van der Waals surface area (Å²) >= 11 is 18.1. The summed E-state index contributed by atoms with van der Waals surface area (Å²) in [6.07, 6.45) is 1.84. The van der Waals surface area contributed by atoms with Crippen molar-refractivity contribution in [3.8, 4) is 5.69 Å². The van der Waals surface area contributed by atoms with Gasteiger partial charge in [-0.1, -0.05) is 40.9 Å². The van der Waals surface area contributed by atoms with Gasteiger partial charge in [0.15, 0.2) is 0 Å². The van der Waals surface area contributed by atoms with E-state index in [0.717, 1.165) is 28.3 Å². The van der Waals surface area contributed by atoms with Crippen LogP contribution in [0.25, 0.3) is 5.69 Å². The van der Waals surface area contributed by atoms with Crippen LogP contribution in [0.5, 0.6) is 0 Å². The van der Waals surface area contributed by atoms with Crippen LogP contribution in [0.15, 0.2) is 53.5 Å². The maximum Gasteiger partial charge on any atom is 0.0645 e. The Hall–Kier alpha value is -1.74. The smallest absolute Gasteiger partial charge is 0.0645 e. The van der Waals surface area contributed by atoms with E-state index in [4.69, 9.17) is 34.8 Å². The quantitative estimate of drug-likeness (QED) is 0.446. The number of nitrogens with zero attached hydrogens (tertiary/aromatic N) is 2. The molecule has 1 aromatic heterocycles. The van der Waals surface area contributed by atoms with E-state index in [1.165, 1.54) is 0 Å². The Labute approximate surface area is 156 Å². The zero-order valence-corrected chi connectivity index (χ0v) is 15.5. The minimum Gasteiger partial charge on any atom is -0.318 e. The first-order valence-electron chi connectivity index (χ1n) is 7.39. The average Bonchev–Trinajstić information content (AvgIpc) is 2.82. The molecule has 5 heteroatoms. The van der Waals surface area contributed by atoms with E-state index < -0.39 is 0 Å². The molecule has 0 unspecified atom stereocenters. The highest BCUT2D eigenvalue weighted by molar-refractivity contribution is 6.42. The van der Waals surface area contributed by atoms with Crippen molar-refractivity contribution in [2.75, 3.05) is 0 Å². The third-order valence-electron chi connectivity index (χ3n) is 3.79. The highest BCUT2D eigenvalue weighted by Crippen LogP contribution is 2.27. The first kappa shape index (κ1) is 17.1. The molecule has 2 nitrogen and oxygen atoms in total. The summed E-state index contributed by atoms with van der Waals surface area (Å²) < 4.78 is 2.15. The van der Waals surface area contributed by atoms with Crippen molar-refractivity contribution in [3.63, 3.8) is 0 Å². The van der Waals surface area contributed by atoms with Gasteiger partial charge >= 0.3 is 0 Å². The lowest BCUT2D eigenvalue weighted by atomic mass is 10.2. The predicted octanol–water partition coefficient (Wildman–Crippen LogP) is 6.80. The summed E-state index contributed by atoms with van der Waals surface area (Å²) in [5.74, 6) is 0. The Bertz CT molecular complexity index is 926. The summed E-state index contributed by atoms with van der Waals surface area (Å²) in [7, 11) is 0. The van der Waals surface area contributed by atoms with E-state index in [2.05, 4.69) is 29.5 Å². The lowest BCUT2D eigenvalue weighted by Crippen LogP contribution is -1.99. The van der Waals surface area contributed by atoms with Crippen molar-refractivity contribution in [2.24, 2.45) is 4.99 Å². The van der Waals surface area contributed by atoms with E-state index in [-0.39, 0.29) is 0 Å². The van der Waals surface area contributed by atoms with Crippen molar-refractivity contribution >= 4 is 46.7 Å².